The maximum absolute atomic E-state index is 13.9. The molecule has 0 spiro atoms. The third-order valence-corrected chi connectivity index (χ3v) is 4.03. The van der Waals surface area contributed by atoms with Gasteiger partial charge >= 0.3 is 0 Å². The maximum Gasteiger partial charge on any atom is 0.142 e. The van der Waals surface area contributed by atoms with Gasteiger partial charge in [0.05, 0.1) is 17.0 Å². The highest BCUT2D eigenvalue weighted by Crippen LogP contribution is 2.26. The summed E-state index contributed by atoms with van der Waals surface area (Å²) in [4.78, 5) is 6.24. The van der Waals surface area contributed by atoms with Gasteiger partial charge < -0.3 is 4.90 Å². The summed E-state index contributed by atoms with van der Waals surface area (Å²) in [5, 5.41) is 0.0811. The Kier molecular flexibility index (Phi) is 5.72. The average Bonchev–Trinajstić information content (AvgIpc) is 2.52. The summed E-state index contributed by atoms with van der Waals surface area (Å²) in [6, 6.07) is 7.49. The monoisotopic (exact) mass is 336 g/mol. The van der Waals surface area contributed by atoms with E-state index >= 15 is 0 Å². The van der Waals surface area contributed by atoms with Crippen LogP contribution in [0.1, 0.15) is 23.6 Å². The molecule has 0 heterocycles. The Balaban J connectivity index is 2.33. The van der Waals surface area contributed by atoms with Crippen LogP contribution in [0.2, 0.25) is 5.02 Å². The van der Waals surface area contributed by atoms with Crippen LogP contribution < -0.4 is 0 Å². The number of rotatable bonds is 5. The molecule has 0 aliphatic rings. The van der Waals surface area contributed by atoms with E-state index in [1.54, 1.807) is 12.4 Å². The summed E-state index contributed by atoms with van der Waals surface area (Å²) >= 11 is 5.69. The molecule has 0 saturated carbocycles. The second kappa shape index (κ2) is 7.55. The first-order valence-corrected chi connectivity index (χ1v) is 7.76. The molecule has 0 atom stereocenters. The average molecular weight is 337 g/mol. The second-order valence-electron chi connectivity index (χ2n) is 5.45. The van der Waals surface area contributed by atoms with E-state index < -0.39 is 5.82 Å². The first kappa shape index (κ1) is 17.4. The van der Waals surface area contributed by atoms with Crippen molar-refractivity contribution in [1.82, 2.24) is 4.90 Å². The number of benzene rings is 2. The van der Waals surface area contributed by atoms with E-state index in [4.69, 9.17) is 11.6 Å². The fourth-order valence-electron chi connectivity index (χ4n) is 2.15. The molecule has 0 unspecified atom stereocenters. The lowest BCUT2D eigenvalue weighted by atomic mass is 9.99. The molecule has 2 aromatic carbocycles. The fraction of sp³-hybridized carbons (Fsp3) is 0.278. The van der Waals surface area contributed by atoms with Gasteiger partial charge in [-0.3, -0.25) is 0 Å². The number of hydrogen-bond acceptors (Lipinski definition) is 1. The van der Waals surface area contributed by atoms with Crippen molar-refractivity contribution in [3.05, 3.63) is 63.7 Å². The van der Waals surface area contributed by atoms with Crippen molar-refractivity contribution in [2.45, 2.75) is 20.3 Å². The molecule has 23 heavy (non-hydrogen) atoms. The van der Waals surface area contributed by atoms with Gasteiger partial charge in [-0.2, -0.15) is 0 Å². The summed E-state index contributed by atoms with van der Waals surface area (Å²) in [5.74, 6) is -0.827. The zero-order valence-corrected chi connectivity index (χ0v) is 14.2. The van der Waals surface area contributed by atoms with E-state index in [2.05, 4.69) is 4.99 Å². The number of hydrogen-bond donors (Lipinski definition) is 0. The minimum atomic E-state index is -0.471. The normalized spacial score (nSPS) is 11.2. The quantitative estimate of drug-likeness (QED) is 0.546. The molecular weight excluding hydrogens is 318 g/mol. The fourth-order valence-corrected chi connectivity index (χ4v) is 2.27. The van der Waals surface area contributed by atoms with Crippen LogP contribution in [0.25, 0.3) is 0 Å². The van der Waals surface area contributed by atoms with Gasteiger partial charge in [0.15, 0.2) is 0 Å². The zero-order chi connectivity index (χ0) is 17.0. The topological polar surface area (TPSA) is 15.6 Å². The molecule has 0 N–H and O–H groups in total. The van der Waals surface area contributed by atoms with Gasteiger partial charge in [0, 0.05) is 13.6 Å². The largest absolute Gasteiger partial charge is 0.366 e. The smallest absolute Gasteiger partial charge is 0.142 e. The molecular formula is C18H19ClF2N2. The standard InChI is InChI=1S/C18H19ClF2N2/c1-4-23(3)11-22-18-10-15(20)9-14(12(18)2)7-13-5-6-16(19)17(21)8-13/h5-6,8-11H,4,7H2,1-3H3. The van der Waals surface area contributed by atoms with E-state index in [1.807, 2.05) is 25.8 Å². The van der Waals surface area contributed by atoms with Gasteiger partial charge in [0.2, 0.25) is 0 Å². The van der Waals surface area contributed by atoms with Gasteiger partial charge in [-0.05, 0) is 61.2 Å². The second-order valence-corrected chi connectivity index (χ2v) is 5.86. The molecule has 5 heteroatoms. The van der Waals surface area contributed by atoms with Crippen LogP contribution in [0.5, 0.6) is 0 Å². The Morgan fingerprint density at radius 2 is 1.96 bits per heavy atom. The Bertz CT molecular complexity index is 729. The van der Waals surface area contributed by atoms with Gasteiger partial charge in [0.25, 0.3) is 0 Å². The molecule has 0 aromatic heterocycles. The molecule has 2 aromatic rings. The van der Waals surface area contributed by atoms with Gasteiger partial charge in [0.1, 0.15) is 11.6 Å². The van der Waals surface area contributed by atoms with E-state index in [-0.39, 0.29) is 10.8 Å². The number of nitrogens with zero attached hydrogens (tertiary/aromatic N) is 2. The Morgan fingerprint density at radius 1 is 1.22 bits per heavy atom. The minimum absolute atomic E-state index is 0.0811. The predicted octanol–water partition coefficient (Wildman–Crippen LogP) is 5.13. The van der Waals surface area contributed by atoms with Crippen LogP contribution in [0.15, 0.2) is 35.3 Å². The predicted molar refractivity (Wildman–Crippen MR) is 91.8 cm³/mol. The Morgan fingerprint density at radius 3 is 2.61 bits per heavy atom. The van der Waals surface area contributed by atoms with Gasteiger partial charge in [-0.1, -0.05) is 17.7 Å². The highest BCUT2D eigenvalue weighted by atomic mass is 35.5. The zero-order valence-electron chi connectivity index (χ0n) is 13.4. The number of aliphatic imine (C=N–C) groups is 1. The molecule has 0 aliphatic heterocycles. The first-order valence-electron chi connectivity index (χ1n) is 7.38. The highest BCUT2D eigenvalue weighted by molar-refractivity contribution is 6.30. The van der Waals surface area contributed by atoms with Crippen LogP contribution in [0.3, 0.4) is 0 Å². The minimum Gasteiger partial charge on any atom is -0.366 e. The van der Waals surface area contributed by atoms with E-state index in [0.29, 0.717) is 12.1 Å². The molecule has 122 valence electrons. The van der Waals surface area contributed by atoms with E-state index in [1.165, 1.54) is 24.3 Å². The first-order chi connectivity index (χ1) is 10.9. The summed E-state index contributed by atoms with van der Waals surface area (Å²) in [5.41, 5.74) is 2.97. The van der Waals surface area contributed by atoms with Crippen molar-refractivity contribution < 1.29 is 8.78 Å². The summed E-state index contributed by atoms with van der Waals surface area (Å²) in [6.45, 7) is 4.71. The molecule has 0 fully saturated rings. The lowest BCUT2D eigenvalue weighted by Crippen LogP contribution is -2.14. The molecule has 0 radical (unpaired) electrons. The SMILES string of the molecule is CCN(C)C=Nc1cc(F)cc(Cc2ccc(Cl)c(F)c2)c1C. The van der Waals surface area contributed by atoms with Crippen LogP contribution in [0, 0.1) is 18.6 Å². The lowest BCUT2D eigenvalue weighted by Gasteiger charge is -2.12. The van der Waals surface area contributed by atoms with Gasteiger partial charge in [-0.15, -0.1) is 0 Å². The highest BCUT2D eigenvalue weighted by Gasteiger charge is 2.09. The molecule has 0 saturated heterocycles. The maximum atomic E-state index is 13.9. The van der Waals surface area contributed by atoms with Crippen LogP contribution >= 0.6 is 11.6 Å². The Hall–Kier alpha value is -1.94. The van der Waals surface area contributed by atoms with Crippen LogP contribution in [0.4, 0.5) is 14.5 Å². The van der Waals surface area contributed by atoms with Crippen LogP contribution in [-0.4, -0.2) is 24.8 Å². The summed E-state index contributed by atoms with van der Waals surface area (Å²) < 4.78 is 27.4. The Labute approximate surface area is 140 Å². The van der Waals surface area contributed by atoms with Crippen molar-refractivity contribution in [3.8, 4) is 0 Å². The van der Waals surface area contributed by atoms with Crippen molar-refractivity contribution in [2.24, 2.45) is 4.99 Å². The van der Waals surface area contributed by atoms with Crippen molar-refractivity contribution in [3.63, 3.8) is 0 Å². The van der Waals surface area contributed by atoms with E-state index in [9.17, 15) is 8.78 Å². The lowest BCUT2D eigenvalue weighted by molar-refractivity contribution is 0.552. The molecule has 0 bridgehead atoms. The summed E-state index contributed by atoms with van der Waals surface area (Å²) in [7, 11) is 1.90. The van der Waals surface area contributed by atoms with Crippen molar-refractivity contribution in [2.75, 3.05) is 13.6 Å². The molecule has 2 rings (SSSR count). The van der Waals surface area contributed by atoms with Gasteiger partial charge in [-0.25, -0.2) is 13.8 Å². The van der Waals surface area contributed by atoms with E-state index in [0.717, 1.165) is 23.2 Å². The number of halogens is 3. The van der Waals surface area contributed by atoms with Crippen molar-refractivity contribution in [1.29, 1.82) is 0 Å². The molecule has 0 aliphatic carbocycles. The molecule has 0 amide bonds. The summed E-state index contributed by atoms with van der Waals surface area (Å²) in [6.07, 6.45) is 2.09. The third-order valence-electron chi connectivity index (χ3n) is 3.72. The van der Waals surface area contributed by atoms with Crippen molar-refractivity contribution >= 4 is 23.6 Å². The van der Waals surface area contributed by atoms with Crippen LogP contribution in [-0.2, 0) is 6.42 Å². The molecule has 2 nitrogen and oxygen atoms in total. The third kappa shape index (κ3) is 4.52.